The van der Waals surface area contributed by atoms with Crippen molar-refractivity contribution in [3.05, 3.63) is 36.4 Å². The third kappa shape index (κ3) is 2.37. The van der Waals surface area contributed by atoms with Crippen molar-refractivity contribution in [1.82, 2.24) is 9.55 Å². The van der Waals surface area contributed by atoms with Crippen molar-refractivity contribution in [2.75, 3.05) is 13.4 Å². The molecule has 1 aliphatic heterocycles. The number of ether oxygens (including phenoxy) is 3. The average Bonchev–Trinajstić information content (AvgIpc) is 3.07. The molecular weight excluding hydrogens is 264 g/mol. The second kappa shape index (κ2) is 5.12. The number of carboxylic acids is 1. The molecule has 1 aromatic carbocycles. The van der Waals surface area contributed by atoms with Gasteiger partial charge >= 0.3 is 5.97 Å². The molecule has 0 unspecified atom stereocenters. The Kier molecular flexibility index (Phi) is 3.16. The minimum atomic E-state index is -1.07. The zero-order valence-corrected chi connectivity index (χ0v) is 10.5. The third-order valence-corrected chi connectivity index (χ3v) is 2.87. The van der Waals surface area contributed by atoms with Crippen LogP contribution in [-0.4, -0.2) is 34.0 Å². The van der Waals surface area contributed by atoms with Crippen molar-refractivity contribution in [3.63, 3.8) is 0 Å². The number of nitrogens with zero attached hydrogens (tertiary/aromatic N) is 2. The van der Waals surface area contributed by atoms with E-state index in [2.05, 4.69) is 4.98 Å². The molecule has 0 amide bonds. The second-order valence-corrected chi connectivity index (χ2v) is 4.16. The Morgan fingerprint density at radius 2 is 2.20 bits per heavy atom. The number of hydrogen-bond acceptors (Lipinski definition) is 5. The molecule has 1 aliphatic rings. The Balaban J connectivity index is 1.75. The Bertz CT molecular complexity index is 624. The summed E-state index contributed by atoms with van der Waals surface area (Å²) < 4.78 is 17.7. The van der Waals surface area contributed by atoms with E-state index in [1.165, 1.54) is 6.07 Å². The van der Waals surface area contributed by atoms with E-state index >= 15 is 0 Å². The van der Waals surface area contributed by atoms with Gasteiger partial charge in [-0.1, -0.05) is 0 Å². The lowest BCUT2D eigenvalue weighted by molar-refractivity contribution is 0.0691. The molecule has 20 heavy (non-hydrogen) atoms. The SMILES string of the molecule is O=C(O)c1cc2c(cc1OCCn1ccnc1)OCO2. The predicted octanol–water partition coefficient (Wildman–Crippen LogP) is 1.39. The van der Waals surface area contributed by atoms with Gasteiger partial charge in [0, 0.05) is 24.5 Å². The standard InChI is InChI=1S/C13H12N2O5/c16-13(17)9-5-11-12(20-8-19-11)6-10(9)18-4-3-15-2-1-14-7-15/h1-2,5-7H,3-4,8H2,(H,16,17). The Hall–Kier alpha value is -2.70. The molecule has 104 valence electrons. The third-order valence-electron chi connectivity index (χ3n) is 2.87. The first-order valence-corrected chi connectivity index (χ1v) is 5.99. The molecule has 0 saturated heterocycles. The topological polar surface area (TPSA) is 82.8 Å². The van der Waals surface area contributed by atoms with Gasteiger partial charge in [-0.2, -0.15) is 0 Å². The molecule has 2 aromatic rings. The van der Waals surface area contributed by atoms with Gasteiger partial charge in [-0.25, -0.2) is 9.78 Å². The van der Waals surface area contributed by atoms with Crippen LogP contribution in [0.2, 0.25) is 0 Å². The fraction of sp³-hybridized carbons (Fsp3) is 0.231. The summed E-state index contributed by atoms with van der Waals surface area (Å²) in [5.41, 5.74) is 0.0554. The first kappa shape index (κ1) is 12.3. The van der Waals surface area contributed by atoms with E-state index in [0.717, 1.165) is 0 Å². The van der Waals surface area contributed by atoms with Crippen LogP contribution >= 0.6 is 0 Å². The smallest absolute Gasteiger partial charge is 0.339 e. The minimum Gasteiger partial charge on any atom is -0.491 e. The molecule has 0 saturated carbocycles. The Morgan fingerprint density at radius 1 is 1.40 bits per heavy atom. The first-order valence-electron chi connectivity index (χ1n) is 5.99. The van der Waals surface area contributed by atoms with E-state index in [4.69, 9.17) is 14.2 Å². The molecule has 1 aromatic heterocycles. The van der Waals surface area contributed by atoms with E-state index in [1.54, 1.807) is 24.8 Å². The molecule has 3 rings (SSSR count). The number of fused-ring (bicyclic) bond motifs is 1. The molecule has 7 heteroatoms. The van der Waals surface area contributed by atoms with Gasteiger partial charge < -0.3 is 23.9 Å². The molecule has 2 heterocycles. The second-order valence-electron chi connectivity index (χ2n) is 4.16. The van der Waals surface area contributed by atoms with Crippen LogP contribution in [0.3, 0.4) is 0 Å². The summed E-state index contributed by atoms with van der Waals surface area (Å²) in [6.45, 7) is 0.997. The molecule has 0 bridgehead atoms. The molecule has 7 nitrogen and oxygen atoms in total. The summed E-state index contributed by atoms with van der Waals surface area (Å²) in [5.74, 6) is 0.111. The fourth-order valence-corrected chi connectivity index (χ4v) is 1.89. The van der Waals surface area contributed by atoms with E-state index in [-0.39, 0.29) is 18.1 Å². The number of carboxylic acid groups (broad SMARTS) is 1. The van der Waals surface area contributed by atoms with Crippen molar-refractivity contribution in [1.29, 1.82) is 0 Å². The maximum atomic E-state index is 11.2. The number of rotatable bonds is 5. The van der Waals surface area contributed by atoms with Crippen molar-refractivity contribution in [2.45, 2.75) is 6.54 Å². The zero-order chi connectivity index (χ0) is 13.9. The van der Waals surface area contributed by atoms with Gasteiger partial charge in [-0.05, 0) is 0 Å². The quantitative estimate of drug-likeness (QED) is 0.888. The highest BCUT2D eigenvalue weighted by molar-refractivity contribution is 5.92. The molecule has 0 atom stereocenters. The summed E-state index contributed by atoms with van der Waals surface area (Å²) >= 11 is 0. The number of aromatic carboxylic acids is 1. The maximum Gasteiger partial charge on any atom is 0.339 e. The number of benzene rings is 1. The summed E-state index contributed by atoms with van der Waals surface area (Å²) in [4.78, 5) is 15.1. The molecular formula is C13H12N2O5. The summed E-state index contributed by atoms with van der Waals surface area (Å²) in [5, 5.41) is 9.19. The van der Waals surface area contributed by atoms with Gasteiger partial charge in [0.05, 0.1) is 12.9 Å². The zero-order valence-electron chi connectivity index (χ0n) is 10.5. The van der Waals surface area contributed by atoms with Crippen LogP contribution in [0.25, 0.3) is 0 Å². The van der Waals surface area contributed by atoms with Gasteiger partial charge in [0.2, 0.25) is 6.79 Å². The molecule has 0 aliphatic carbocycles. The van der Waals surface area contributed by atoms with Gasteiger partial charge in [0.1, 0.15) is 17.9 Å². The highest BCUT2D eigenvalue weighted by Gasteiger charge is 2.21. The van der Waals surface area contributed by atoms with Gasteiger partial charge in [0.25, 0.3) is 0 Å². The number of aromatic nitrogens is 2. The van der Waals surface area contributed by atoms with Crippen LogP contribution in [0, 0.1) is 0 Å². The summed E-state index contributed by atoms with van der Waals surface area (Å²) in [6, 6.07) is 2.96. The van der Waals surface area contributed by atoms with Gasteiger partial charge in [-0.3, -0.25) is 0 Å². The lowest BCUT2D eigenvalue weighted by atomic mass is 10.2. The highest BCUT2D eigenvalue weighted by atomic mass is 16.7. The number of imidazole rings is 1. The van der Waals surface area contributed by atoms with Gasteiger partial charge in [0.15, 0.2) is 11.5 Å². The van der Waals surface area contributed by atoms with Crippen molar-refractivity contribution < 1.29 is 24.1 Å². The minimum absolute atomic E-state index is 0.0554. The van der Waals surface area contributed by atoms with Crippen LogP contribution in [0.4, 0.5) is 0 Å². The van der Waals surface area contributed by atoms with Crippen LogP contribution in [-0.2, 0) is 6.54 Å². The van der Waals surface area contributed by atoms with Gasteiger partial charge in [-0.15, -0.1) is 0 Å². The summed E-state index contributed by atoms with van der Waals surface area (Å²) in [6.07, 6.45) is 5.14. The largest absolute Gasteiger partial charge is 0.491 e. The maximum absolute atomic E-state index is 11.2. The molecule has 0 radical (unpaired) electrons. The number of hydrogen-bond donors (Lipinski definition) is 1. The Morgan fingerprint density at radius 3 is 2.90 bits per heavy atom. The van der Waals surface area contributed by atoms with Crippen molar-refractivity contribution >= 4 is 5.97 Å². The van der Waals surface area contributed by atoms with E-state index < -0.39 is 5.97 Å². The van der Waals surface area contributed by atoms with Crippen LogP contribution in [0.1, 0.15) is 10.4 Å². The normalized spacial score (nSPS) is 12.4. The molecule has 1 N–H and O–H groups in total. The van der Waals surface area contributed by atoms with Crippen LogP contribution < -0.4 is 14.2 Å². The van der Waals surface area contributed by atoms with Crippen molar-refractivity contribution in [3.8, 4) is 17.2 Å². The van der Waals surface area contributed by atoms with Crippen LogP contribution in [0.15, 0.2) is 30.9 Å². The molecule has 0 fully saturated rings. The monoisotopic (exact) mass is 276 g/mol. The lowest BCUT2D eigenvalue weighted by Gasteiger charge is -2.10. The van der Waals surface area contributed by atoms with E-state index in [0.29, 0.717) is 24.7 Å². The lowest BCUT2D eigenvalue weighted by Crippen LogP contribution is -2.09. The summed E-state index contributed by atoms with van der Waals surface area (Å²) in [7, 11) is 0. The van der Waals surface area contributed by atoms with Crippen LogP contribution in [0.5, 0.6) is 17.2 Å². The number of carbonyl (C=O) groups is 1. The average molecular weight is 276 g/mol. The Labute approximate surface area is 114 Å². The molecule has 0 spiro atoms. The highest BCUT2D eigenvalue weighted by Crippen LogP contribution is 2.38. The predicted molar refractivity (Wildman–Crippen MR) is 67.2 cm³/mol. The van der Waals surface area contributed by atoms with E-state index in [1.807, 2.05) is 4.57 Å². The van der Waals surface area contributed by atoms with E-state index in [9.17, 15) is 9.90 Å². The first-order chi connectivity index (χ1) is 9.74. The fourth-order valence-electron chi connectivity index (χ4n) is 1.89. The van der Waals surface area contributed by atoms with Crippen molar-refractivity contribution in [2.24, 2.45) is 0 Å².